The first-order valence-electron chi connectivity index (χ1n) is 10.1. The van der Waals surface area contributed by atoms with Gasteiger partial charge in [-0.1, -0.05) is 6.07 Å². The molecule has 9 nitrogen and oxygen atoms in total. The van der Waals surface area contributed by atoms with E-state index in [-0.39, 0.29) is 11.8 Å². The van der Waals surface area contributed by atoms with Crippen LogP contribution in [0.1, 0.15) is 24.2 Å². The summed E-state index contributed by atoms with van der Waals surface area (Å²) >= 11 is 0. The third-order valence-corrected chi connectivity index (χ3v) is 5.09. The molecule has 2 aromatic heterocycles. The minimum atomic E-state index is -0.994. The third-order valence-electron chi connectivity index (χ3n) is 5.09. The van der Waals surface area contributed by atoms with E-state index in [2.05, 4.69) is 20.3 Å². The molecule has 2 amide bonds. The highest BCUT2D eigenvalue weighted by Gasteiger charge is 2.39. The van der Waals surface area contributed by atoms with Crippen LogP contribution in [0.4, 0.5) is 17.3 Å². The molecule has 0 atom stereocenters. The molecule has 0 bridgehead atoms. The number of carbonyl (C=O) groups excluding carboxylic acids is 2. The maximum Gasteiger partial charge on any atom is 0.270 e. The molecule has 4 rings (SSSR count). The summed E-state index contributed by atoms with van der Waals surface area (Å²) < 4.78 is 5.88. The number of hydrogen-bond donors (Lipinski definition) is 1. The monoisotopic (exact) mass is 432 g/mol. The highest BCUT2D eigenvalue weighted by atomic mass is 16.5. The van der Waals surface area contributed by atoms with Gasteiger partial charge in [-0.2, -0.15) is 0 Å². The normalized spacial score (nSPS) is 14.4. The van der Waals surface area contributed by atoms with Crippen molar-refractivity contribution in [1.29, 1.82) is 0 Å². The van der Waals surface area contributed by atoms with Crippen molar-refractivity contribution in [2.24, 2.45) is 0 Å². The zero-order valence-corrected chi connectivity index (χ0v) is 18.6. The Labute approximate surface area is 186 Å². The number of likely N-dealkylation sites (N-methyl/N-ethyl adjacent to an activating group) is 1. The molecule has 0 saturated heterocycles. The van der Waals surface area contributed by atoms with Crippen LogP contribution in [0.5, 0.6) is 5.75 Å². The smallest absolute Gasteiger partial charge is 0.270 e. The molecule has 0 unspecified atom stereocenters. The summed E-state index contributed by atoms with van der Waals surface area (Å²) in [6, 6.07) is 10.6. The predicted molar refractivity (Wildman–Crippen MR) is 122 cm³/mol. The molecule has 3 aromatic rings. The maximum atomic E-state index is 13.2. The zero-order valence-electron chi connectivity index (χ0n) is 18.6. The SMILES string of the molecule is CN(C)c1ncc(C(=O)Nc2ccc3c(c2)OC(C)(C)C(=O)N3C)c(-c2ccccn2)n1. The summed E-state index contributed by atoms with van der Waals surface area (Å²) in [4.78, 5) is 42.1. The first-order valence-corrected chi connectivity index (χ1v) is 10.1. The lowest BCUT2D eigenvalue weighted by molar-refractivity contribution is -0.132. The van der Waals surface area contributed by atoms with Gasteiger partial charge in [-0.25, -0.2) is 9.97 Å². The topological polar surface area (TPSA) is 101 Å². The van der Waals surface area contributed by atoms with E-state index in [0.29, 0.717) is 40.0 Å². The van der Waals surface area contributed by atoms with E-state index >= 15 is 0 Å². The molecule has 0 radical (unpaired) electrons. The third kappa shape index (κ3) is 3.84. The molecule has 9 heteroatoms. The summed E-state index contributed by atoms with van der Waals surface area (Å²) in [5.74, 6) is 0.466. The van der Waals surface area contributed by atoms with Gasteiger partial charge in [0, 0.05) is 45.3 Å². The fourth-order valence-electron chi connectivity index (χ4n) is 3.43. The number of hydrogen-bond acceptors (Lipinski definition) is 7. The van der Waals surface area contributed by atoms with Crippen molar-refractivity contribution >= 4 is 29.1 Å². The number of nitrogens with zero attached hydrogens (tertiary/aromatic N) is 5. The average Bonchev–Trinajstić information content (AvgIpc) is 2.77. The summed E-state index contributed by atoms with van der Waals surface area (Å²) in [5, 5.41) is 2.88. The van der Waals surface area contributed by atoms with E-state index in [1.165, 1.54) is 6.20 Å². The zero-order chi connectivity index (χ0) is 23.0. The number of rotatable bonds is 4. The van der Waals surface area contributed by atoms with Gasteiger partial charge in [-0.3, -0.25) is 14.6 Å². The first-order chi connectivity index (χ1) is 15.2. The lowest BCUT2D eigenvalue weighted by Crippen LogP contribution is -2.50. The van der Waals surface area contributed by atoms with Crippen molar-refractivity contribution in [1.82, 2.24) is 15.0 Å². The number of fused-ring (bicyclic) bond motifs is 1. The van der Waals surface area contributed by atoms with Crippen molar-refractivity contribution in [3.05, 3.63) is 54.4 Å². The van der Waals surface area contributed by atoms with Gasteiger partial charge in [-0.15, -0.1) is 0 Å². The number of nitrogens with one attached hydrogen (secondary N) is 1. The number of benzene rings is 1. The Morgan fingerprint density at radius 2 is 1.94 bits per heavy atom. The van der Waals surface area contributed by atoms with Crippen LogP contribution in [-0.4, -0.2) is 53.5 Å². The molecule has 0 saturated carbocycles. The van der Waals surface area contributed by atoms with Gasteiger partial charge in [0.05, 0.1) is 16.9 Å². The Hall–Kier alpha value is -4.01. The maximum absolute atomic E-state index is 13.2. The summed E-state index contributed by atoms with van der Waals surface area (Å²) in [5.41, 5.74) is 1.46. The second-order valence-corrected chi connectivity index (χ2v) is 8.15. The fraction of sp³-hybridized carbons (Fsp3) is 0.261. The molecule has 1 N–H and O–H groups in total. The lowest BCUT2D eigenvalue weighted by atomic mass is 10.0. The first kappa shape index (κ1) is 21.2. The summed E-state index contributed by atoms with van der Waals surface area (Å²) in [6.07, 6.45) is 3.14. The van der Waals surface area contributed by atoms with Gasteiger partial charge in [-0.05, 0) is 38.1 Å². The van der Waals surface area contributed by atoms with E-state index in [9.17, 15) is 9.59 Å². The van der Waals surface area contributed by atoms with Crippen LogP contribution in [0.25, 0.3) is 11.4 Å². The minimum absolute atomic E-state index is 0.139. The van der Waals surface area contributed by atoms with Gasteiger partial charge in [0.25, 0.3) is 11.8 Å². The number of anilines is 3. The number of carbonyl (C=O) groups is 2. The van der Waals surface area contributed by atoms with Crippen LogP contribution in [-0.2, 0) is 4.79 Å². The fourth-order valence-corrected chi connectivity index (χ4v) is 3.43. The number of ether oxygens (including phenoxy) is 1. The van der Waals surface area contributed by atoms with Crippen molar-refractivity contribution in [2.75, 3.05) is 36.3 Å². The van der Waals surface area contributed by atoms with E-state index < -0.39 is 5.60 Å². The van der Waals surface area contributed by atoms with Crippen molar-refractivity contribution in [2.45, 2.75) is 19.4 Å². The van der Waals surface area contributed by atoms with Crippen LogP contribution in [0.2, 0.25) is 0 Å². The largest absolute Gasteiger partial charge is 0.476 e. The number of amides is 2. The average molecular weight is 432 g/mol. The van der Waals surface area contributed by atoms with Crippen LogP contribution < -0.4 is 19.9 Å². The van der Waals surface area contributed by atoms with E-state index in [4.69, 9.17) is 4.74 Å². The lowest BCUT2D eigenvalue weighted by Gasteiger charge is -2.37. The standard InChI is InChI=1S/C23H24N6O3/c1-23(2)21(31)29(5)17-10-9-14(12-18(17)32-23)26-20(30)15-13-25-22(28(3)4)27-19(15)16-8-6-7-11-24-16/h6-13H,1-5H3,(H,26,30). The van der Waals surface area contributed by atoms with Gasteiger partial charge in [0.1, 0.15) is 11.4 Å². The van der Waals surface area contributed by atoms with E-state index in [1.807, 2.05) is 20.2 Å². The van der Waals surface area contributed by atoms with Gasteiger partial charge < -0.3 is 19.9 Å². The Bertz CT molecular complexity index is 1190. The molecule has 1 aliphatic heterocycles. The van der Waals surface area contributed by atoms with Crippen LogP contribution >= 0.6 is 0 Å². The quantitative estimate of drug-likeness (QED) is 0.676. The molecule has 3 heterocycles. The highest BCUT2D eigenvalue weighted by Crippen LogP contribution is 2.38. The molecule has 0 aliphatic carbocycles. The Balaban J connectivity index is 1.68. The summed E-state index contributed by atoms with van der Waals surface area (Å²) in [7, 11) is 5.35. The van der Waals surface area contributed by atoms with Gasteiger partial charge in [0.15, 0.2) is 5.60 Å². The molecular weight excluding hydrogens is 408 g/mol. The highest BCUT2D eigenvalue weighted by molar-refractivity contribution is 6.08. The Kier molecular flexibility index (Phi) is 5.25. The Morgan fingerprint density at radius 1 is 1.16 bits per heavy atom. The molecule has 32 heavy (non-hydrogen) atoms. The van der Waals surface area contributed by atoms with Crippen LogP contribution in [0, 0.1) is 0 Å². The van der Waals surface area contributed by atoms with Crippen LogP contribution in [0.15, 0.2) is 48.8 Å². The molecule has 1 aliphatic rings. The van der Waals surface area contributed by atoms with E-state index in [0.717, 1.165) is 0 Å². The van der Waals surface area contributed by atoms with Crippen molar-refractivity contribution in [3.63, 3.8) is 0 Å². The number of pyridine rings is 1. The molecule has 0 fully saturated rings. The second kappa shape index (κ2) is 7.92. The molecular formula is C23H24N6O3. The van der Waals surface area contributed by atoms with Crippen molar-refractivity contribution in [3.8, 4) is 17.1 Å². The van der Waals surface area contributed by atoms with Gasteiger partial charge in [0.2, 0.25) is 5.95 Å². The van der Waals surface area contributed by atoms with Gasteiger partial charge >= 0.3 is 0 Å². The second-order valence-electron chi connectivity index (χ2n) is 8.15. The molecule has 0 spiro atoms. The van der Waals surface area contributed by atoms with Crippen molar-refractivity contribution < 1.29 is 14.3 Å². The predicted octanol–water partition coefficient (Wildman–Crippen LogP) is 2.99. The van der Waals surface area contributed by atoms with E-state index in [1.54, 1.807) is 67.2 Å². The van der Waals surface area contributed by atoms with Crippen LogP contribution in [0.3, 0.4) is 0 Å². The Morgan fingerprint density at radius 3 is 2.62 bits per heavy atom. The molecule has 1 aromatic carbocycles. The minimum Gasteiger partial charge on any atom is -0.476 e. The summed E-state index contributed by atoms with van der Waals surface area (Å²) in [6.45, 7) is 3.42. The number of aromatic nitrogens is 3. The molecule has 164 valence electrons.